The lowest BCUT2D eigenvalue weighted by atomic mass is 10.00. The molecule has 1 aromatic carbocycles. The number of benzene rings is 1. The predicted octanol–water partition coefficient (Wildman–Crippen LogP) is 3.86. The largest absolute Gasteiger partial charge is 0.361 e. The lowest BCUT2D eigenvalue weighted by Crippen LogP contribution is -1.92. The van der Waals surface area contributed by atoms with Gasteiger partial charge in [-0.25, -0.2) is 0 Å². The van der Waals surface area contributed by atoms with Crippen molar-refractivity contribution in [1.82, 2.24) is 4.98 Å². The van der Waals surface area contributed by atoms with E-state index in [1.165, 1.54) is 0 Å². The van der Waals surface area contributed by atoms with Gasteiger partial charge in [0.05, 0.1) is 11.4 Å². The Morgan fingerprint density at radius 1 is 0.714 bits per heavy atom. The molecule has 100 valence electrons. The molecule has 0 amide bonds. The summed E-state index contributed by atoms with van der Waals surface area (Å²) >= 11 is 0. The van der Waals surface area contributed by atoms with Crippen LogP contribution in [0.3, 0.4) is 0 Å². The van der Waals surface area contributed by atoms with Crippen LogP contribution in [0.25, 0.3) is 11.1 Å². The van der Waals surface area contributed by atoms with Crippen molar-refractivity contribution >= 4 is 23.6 Å². The monoisotopic (exact) mass is 271 g/mol. The second-order valence-corrected chi connectivity index (χ2v) is 4.86. The summed E-state index contributed by atoms with van der Waals surface area (Å²) < 4.78 is 0. The van der Waals surface area contributed by atoms with E-state index in [0.717, 1.165) is 33.8 Å². The summed E-state index contributed by atoms with van der Waals surface area (Å²) in [5.41, 5.74) is 6.25. The first kappa shape index (κ1) is 11.9. The highest BCUT2D eigenvalue weighted by Gasteiger charge is 2.21. The Hall–Kier alpha value is -2.94. The molecule has 0 aliphatic carbocycles. The average Bonchev–Trinajstić information content (AvgIpc) is 3.27. The van der Waals surface area contributed by atoms with Crippen LogP contribution in [-0.4, -0.2) is 17.4 Å². The SMILES string of the molecule is C1=N/C(=C2/N=CC=C2c2ccc[nH]2)C(c2ccccc2)=C1. The molecule has 0 saturated heterocycles. The minimum Gasteiger partial charge on any atom is -0.361 e. The minimum absolute atomic E-state index is 0.918. The van der Waals surface area contributed by atoms with Gasteiger partial charge in [0.2, 0.25) is 0 Å². The number of rotatable bonds is 2. The number of H-pyrrole nitrogens is 1. The molecule has 2 aromatic rings. The number of aliphatic imine (C=N–C) groups is 2. The molecule has 3 heterocycles. The van der Waals surface area contributed by atoms with Gasteiger partial charge in [-0.3, -0.25) is 9.98 Å². The number of aromatic nitrogens is 1. The fourth-order valence-electron chi connectivity index (χ4n) is 2.61. The van der Waals surface area contributed by atoms with Gasteiger partial charge in [-0.2, -0.15) is 0 Å². The van der Waals surface area contributed by atoms with Gasteiger partial charge < -0.3 is 4.98 Å². The second-order valence-electron chi connectivity index (χ2n) is 4.86. The second kappa shape index (κ2) is 4.87. The molecule has 0 saturated carbocycles. The third kappa shape index (κ3) is 1.99. The lowest BCUT2D eigenvalue weighted by molar-refractivity contribution is 1.29. The summed E-state index contributed by atoms with van der Waals surface area (Å²) in [6.45, 7) is 0. The molecule has 0 unspecified atom stereocenters. The molecule has 3 heteroatoms. The maximum absolute atomic E-state index is 4.53. The van der Waals surface area contributed by atoms with Crippen LogP contribution in [0.2, 0.25) is 0 Å². The molecule has 4 rings (SSSR count). The smallest absolute Gasteiger partial charge is 0.0986 e. The molecule has 0 spiro atoms. The molecule has 3 nitrogen and oxygen atoms in total. The van der Waals surface area contributed by atoms with Gasteiger partial charge in [0.1, 0.15) is 0 Å². The summed E-state index contributed by atoms with van der Waals surface area (Å²) in [7, 11) is 0. The molecule has 0 radical (unpaired) electrons. The van der Waals surface area contributed by atoms with E-state index < -0.39 is 0 Å². The normalized spacial score (nSPS) is 20.0. The van der Waals surface area contributed by atoms with E-state index in [9.17, 15) is 0 Å². The Balaban J connectivity index is 1.82. The summed E-state index contributed by atoms with van der Waals surface area (Å²) in [4.78, 5) is 12.3. The van der Waals surface area contributed by atoms with Crippen LogP contribution in [0.4, 0.5) is 0 Å². The van der Waals surface area contributed by atoms with Crippen LogP contribution in [-0.2, 0) is 0 Å². The van der Waals surface area contributed by atoms with E-state index in [2.05, 4.69) is 27.1 Å². The van der Waals surface area contributed by atoms with Gasteiger partial charge in [-0.15, -0.1) is 0 Å². The highest BCUT2D eigenvalue weighted by atomic mass is 14.9. The Kier molecular flexibility index (Phi) is 2.75. The van der Waals surface area contributed by atoms with Crippen molar-refractivity contribution in [3.8, 4) is 0 Å². The van der Waals surface area contributed by atoms with Gasteiger partial charge in [-0.1, -0.05) is 30.3 Å². The minimum atomic E-state index is 0.918. The van der Waals surface area contributed by atoms with Gasteiger partial charge in [-0.05, 0) is 29.8 Å². The summed E-state index contributed by atoms with van der Waals surface area (Å²) in [5, 5.41) is 0. The quantitative estimate of drug-likeness (QED) is 0.861. The van der Waals surface area contributed by atoms with Crippen LogP contribution >= 0.6 is 0 Å². The third-order valence-corrected chi connectivity index (χ3v) is 3.60. The molecule has 2 aliphatic heterocycles. The van der Waals surface area contributed by atoms with Crippen molar-refractivity contribution in [3.05, 3.63) is 83.5 Å². The molecule has 2 aliphatic rings. The number of allylic oxidation sites excluding steroid dienone is 4. The van der Waals surface area contributed by atoms with Crippen LogP contribution in [0.15, 0.2) is 82.2 Å². The van der Waals surface area contributed by atoms with E-state index in [1.807, 2.05) is 61.1 Å². The number of hydrogen-bond acceptors (Lipinski definition) is 2. The van der Waals surface area contributed by atoms with Crippen molar-refractivity contribution in [2.75, 3.05) is 0 Å². The first-order valence-electron chi connectivity index (χ1n) is 6.86. The highest BCUT2D eigenvalue weighted by Crippen LogP contribution is 2.36. The fourth-order valence-corrected chi connectivity index (χ4v) is 2.61. The van der Waals surface area contributed by atoms with Crippen LogP contribution in [0.1, 0.15) is 11.3 Å². The van der Waals surface area contributed by atoms with Crippen LogP contribution in [0.5, 0.6) is 0 Å². The molecule has 0 bridgehead atoms. The van der Waals surface area contributed by atoms with Gasteiger partial charge in [0, 0.05) is 35.5 Å². The van der Waals surface area contributed by atoms with Crippen molar-refractivity contribution in [2.24, 2.45) is 9.98 Å². The molecule has 1 aromatic heterocycles. The topological polar surface area (TPSA) is 40.5 Å². The summed E-state index contributed by atoms with van der Waals surface area (Å²) in [6.07, 6.45) is 9.64. The zero-order valence-electron chi connectivity index (χ0n) is 11.3. The lowest BCUT2D eigenvalue weighted by Gasteiger charge is -2.09. The number of nitrogens with zero attached hydrogens (tertiary/aromatic N) is 2. The Labute approximate surface area is 122 Å². The number of hydrogen-bond donors (Lipinski definition) is 1. The third-order valence-electron chi connectivity index (χ3n) is 3.60. The van der Waals surface area contributed by atoms with Crippen molar-refractivity contribution in [2.45, 2.75) is 0 Å². The molecule has 0 fully saturated rings. The Morgan fingerprint density at radius 2 is 1.43 bits per heavy atom. The zero-order chi connectivity index (χ0) is 14.1. The predicted molar refractivity (Wildman–Crippen MR) is 87.2 cm³/mol. The number of nitrogens with one attached hydrogen (secondary N) is 1. The van der Waals surface area contributed by atoms with Crippen molar-refractivity contribution < 1.29 is 0 Å². The number of aromatic amines is 1. The van der Waals surface area contributed by atoms with Crippen molar-refractivity contribution in [3.63, 3.8) is 0 Å². The highest BCUT2D eigenvalue weighted by molar-refractivity contribution is 6.04. The molecular weight excluding hydrogens is 258 g/mol. The Bertz CT molecular complexity index is 817. The first-order chi connectivity index (χ1) is 10.4. The van der Waals surface area contributed by atoms with E-state index in [-0.39, 0.29) is 0 Å². The van der Waals surface area contributed by atoms with Crippen molar-refractivity contribution in [1.29, 1.82) is 0 Å². The summed E-state index contributed by atoms with van der Waals surface area (Å²) in [6, 6.07) is 14.3. The van der Waals surface area contributed by atoms with E-state index >= 15 is 0 Å². The maximum Gasteiger partial charge on any atom is 0.0986 e. The van der Waals surface area contributed by atoms with Crippen LogP contribution in [0, 0.1) is 0 Å². The van der Waals surface area contributed by atoms with Gasteiger partial charge in [0.15, 0.2) is 0 Å². The standard InChI is InChI=1S/C18H13N3/c1-2-5-13(6-3-1)14-8-11-20-17(14)18-15(9-12-21-18)16-7-4-10-19-16/h1-12,19H/b18-17+. The zero-order valence-corrected chi connectivity index (χ0v) is 11.3. The van der Waals surface area contributed by atoms with E-state index in [4.69, 9.17) is 0 Å². The molecule has 1 N–H and O–H groups in total. The first-order valence-corrected chi connectivity index (χ1v) is 6.86. The molecule has 21 heavy (non-hydrogen) atoms. The summed E-state index contributed by atoms with van der Waals surface area (Å²) in [5.74, 6) is 0. The molecular formula is C18H13N3. The van der Waals surface area contributed by atoms with E-state index in [0.29, 0.717) is 0 Å². The van der Waals surface area contributed by atoms with Crippen LogP contribution < -0.4 is 0 Å². The average molecular weight is 271 g/mol. The maximum atomic E-state index is 4.53. The van der Waals surface area contributed by atoms with Gasteiger partial charge in [0.25, 0.3) is 0 Å². The molecule has 0 atom stereocenters. The Morgan fingerprint density at radius 3 is 2.14 bits per heavy atom. The fraction of sp³-hybridized carbons (Fsp3) is 0. The van der Waals surface area contributed by atoms with E-state index in [1.54, 1.807) is 0 Å². The van der Waals surface area contributed by atoms with Gasteiger partial charge >= 0.3 is 0 Å².